The van der Waals surface area contributed by atoms with Crippen LogP contribution in [-0.4, -0.2) is 37.0 Å². The van der Waals surface area contributed by atoms with Crippen LogP contribution in [0.25, 0.3) is 0 Å². The largest absolute Gasteiger partial charge is 0.490 e. The van der Waals surface area contributed by atoms with Crippen LogP contribution in [-0.2, 0) is 0 Å². The van der Waals surface area contributed by atoms with Gasteiger partial charge in [-0.1, -0.05) is 19.1 Å². The molecule has 1 saturated carbocycles. The molecule has 1 aromatic carbocycles. The normalized spacial score (nSPS) is 15.9. The van der Waals surface area contributed by atoms with Crippen molar-refractivity contribution in [3.05, 3.63) is 24.3 Å². The average Bonchev–Trinajstić information content (AvgIpc) is 3.29. The summed E-state index contributed by atoms with van der Waals surface area (Å²) in [5.41, 5.74) is 0. The third-order valence-corrected chi connectivity index (χ3v) is 3.30. The number of aliphatic hydroxyl groups is 1. The van der Waals surface area contributed by atoms with Crippen molar-refractivity contribution in [1.29, 1.82) is 0 Å². The molecule has 1 aliphatic rings. The molecule has 0 amide bonds. The van der Waals surface area contributed by atoms with Gasteiger partial charge in [0.05, 0.1) is 19.8 Å². The number of aliphatic hydroxyl groups excluding tert-OH is 1. The van der Waals surface area contributed by atoms with Crippen LogP contribution in [0.5, 0.6) is 11.5 Å². The third kappa shape index (κ3) is 5.02. The summed E-state index contributed by atoms with van der Waals surface area (Å²) in [6.45, 7) is 3.52. The molecule has 1 fully saturated rings. The zero-order valence-corrected chi connectivity index (χ0v) is 12.2. The van der Waals surface area contributed by atoms with E-state index in [1.165, 1.54) is 12.8 Å². The van der Waals surface area contributed by atoms with E-state index in [2.05, 4.69) is 12.2 Å². The van der Waals surface area contributed by atoms with E-state index in [0.717, 1.165) is 24.3 Å². The van der Waals surface area contributed by atoms with Gasteiger partial charge in [0.25, 0.3) is 0 Å². The van der Waals surface area contributed by atoms with Gasteiger partial charge >= 0.3 is 0 Å². The van der Waals surface area contributed by atoms with Gasteiger partial charge < -0.3 is 19.9 Å². The van der Waals surface area contributed by atoms with Crippen LogP contribution < -0.4 is 14.8 Å². The molecule has 4 nitrogen and oxygen atoms in total. The highest BCUT2D eigenvalue weighted by atomic mass is 16.5. The maximum Gasteiger partial charge on any atom is 0.161 e. The van der Waals surface area contributed by atoms with Crippen LogP contribution in [0.3, 0.4) is 0 Å². The maximum absolute atomic E-state index is 9.33. The van der Waals surface area contributed by atoms with Gasteiger partial charge in [0.15, 0.2) is 11.5 Å². The molecule has 0 aliphatic heterocycles. The van der Waals surface area contributed by atoms with Crippen LogP contribution in [0.4, 0.5) is 0 Å². The van der Waals surface area contributed by atoms with E-state index >= 15 is 0 Å². The van der Waals surface area contributed by atoms with E-state index in [-0.39, 0.29) is 12.6 Å². The van der Waals surface area contributed by atoms with Gasteiger partial charge in [-0.25, -0.2) is 0 Å². The van der Waals surface area contributed by atoms with E-state index in [1.54, 1.807) is 0 Å². The molecular formula is C16H25NO3. The van der Waals surface area contributed by atoms with E-state index in [1.807, 2.05) is 24.3 Å². The minimum absolute atomic E-state index is 0.131. The fourth-order valence-corrected chi connectivity index (χ4v) is 2.02. The quantitative estimate of drug-likeness (QED) is 0.690. The Morgan fingerprint density at radius 2 is 1.85 bits per heavy atom. The summed E-state index contributed by atoms with van der Waals surface area (Å²) in [5.74, 6) is 1.58. The van der Waals surface area contributed by atoms with Crippen LogP contribution in [0.2, 0.25) is 0 Å². The summed E-state index contributed by atoms with van der Waals surface area (Å²) in [6.07, 6.45) is 4.23. The first-order valence-corrected chi connectivity index (χ1v) is 7.55. The highest BCUT2D eigenvalue weighted by Crippen LogP contribution is 2.27. The number of ether oxygens (including phenoxy) is 2. The Morgan fingerprint density at radius 3 is 2.40 bits per heavy atom. The number of para-hydroxylation sites is 2. The highest BCUT2D eigenvalue weighted by Gasteiger charge is 2.24. The molecule has 0 saturated heterocycles. The summed E-state index contributed by atoms with van der Waals surface area (Å²) in [6, 6.07) is 8.48. The number of nitrogens with one attached hydrogen (secondary N) is 1. The SMILES string of the molecule is CCCOc1ccccc1OCCC(CO)NC1CC1. The standard InChI is InChI=1S/C16H25NO3/c1-2-10-19-15-5-3-4-6-16(15)20-11-9-14(12-18)17-13-7-8-13/h3-6,13-14,17-18H,2,7-12H2,1H3. The molecule has 0 aromatic heterocycles. The Balaban J connectivity index is 1.77. The van der Waals surface area contributed by atoms with E-state index in [4.69, 9.17) is 9.47 Å². The lowest BCUT2D eigenvalue weighted by Crippen LogP contribution is -2.35. The Kier molecular flexibility index (Phi) is 6.15. The fourth-order valence-electron chi connectivity index (χ4n) is 2.02. The van der Waals surface area contributed by atoms with Gasteiger partial charge in [-0.3, -0.25) is 0 Å². The zero-order valence-electron chi connectivity index (χ0n) is 12.2. The summed E-state index contributed by atoms with van der Waals surface area (Å²) < 4.78 is 11.4. The molecule has 1 aliphatic carbocycles. The molecule has 1 aromatic rings. The molecule has 1 atom stereocenters. The van der Waals surface area contributed by atoms with Crippen molar-refractivity contribution in [2.24, 2.45) is 0 Å². The van der Waals surface area contributed by atoms with Crippen molar-refractivity contribution in [2.45, 2.75) is 44.7 Å². The van der Waals surface area contributed by atoms with Gasteiger partial charge in [0, 0.05) is 12.1 Å². The minimum Gasteiger partial charge on any atom is -0.490 e. The zero-order chi connectivity index (χ0) is 14.2. The molecule has 2 N–H and O–H groups in total. The monoisotopic (exact) mass is 279 g/mol. The van der Waals surface area contributed by atoms with Crippen LogP contribution in [0.15, 0.2) is 24.3 Å². The van der Waals surface area contributed by atoms with E-state index in [0.29, 0.717) is 19.3 Å². The van der Waals surface area contributed by atoms with E-state index in [9.17, 15) is 5.11 Å². The van der Waals surface area contributed by atoms with Crippen LogP contribution in [0, 0.1) is 0 Å². The molecule has 1 unspecified atom stereocenters. The van der Waals surface area contributed by atoms with Crippen LogP contribution in [0.1, 0.15) is 32.6 Å². The highest BCUT2D eigenvalue weighted by molar-refractivity contribution is 5.39. The second-order valence-electron chi connectivity index (χ2n) is 5.25. The van der Waals surface area contributed by atoms with E-state index < -0.39 is 0 Å². The second kappa shape index (κ2) is 8.12. The molecule has 0 bridgehead atoms. The summed E-state index contributed by atoms with van der Waals surface area (Å²) >= 11 is 0. The summed E-state index contributed by atoms with van der Waals surface area (Å²) in [5, 5.41) is 12.7. The van der Waals surface area contributed by atoms with Crippen molar-refractivity contribution in [3.63, 3.8) is 0 Å². The molecule has 0 heterocycles. The van der Waals surface area contributed by atoms with Gasteiger partial charge in [0.2, 0.25) is 0 Å². The smallest absolute Gasteiger partial charge is 0.161 e. The van der Waals surface area contributed by atoms with Gasteiger partial charge in [0.1, 0.15) is 0 Å². The second-order valence-corrected chi connectivity index (χ2v) is 5.25. The third-order valence-electron chi connectivity index (χ3n) is 3.30. The van der Waals surface area contributed by atoms with Gasteiger partial charge in [-0.2, -0.15) is 0 Å². The Morgan fingerprint density at radius 1 is 1.20 bits per heavy atom. The fraction of sp³-hybridized carbons (Fsp3) is 0.625. The Hall–Kier alpha value is -1.26. The number of hydrogen-bond acceptors (Lipinski definition) is 4. The molecule has 4 heteroatoms. The van der Waals surface area contributed by atoms with Gasteiger partial charge in [-0.05, 0) is 37.8 Å². The maximum atomic E-state index is 9.33. The molecular weight excluding hydrogens is 254 g/mol. The van der Waals surface area contributed by atoms with Crippen molar-refractivity contribution >= 4 is 0 Å². The lowest BCUT2D eigenvalue weighted by molar-refractivity contribution is 0.203. The van der Waals surface area contributed by atoms with Crippen molar-refractivity contribution in [3.8, 4) is 11.5 Å². The van der Waals surface area contributed by atoms with Crippen molar-refractivity contribution < 1.29 is 14.6 Å². The number of benzene rings is 1. The van der Waals surface area contributed by atoms with Crippen molar-refractivity contribution in [1.82, 2.24) is 5.32 Å². The lowest BCUT2D eigenvalue weighted by atomic mass is 10.2. The van der Waals surface area contributed by atoms with Gasteiger partial charge in [-0.15, -0.1) is 0 Å². The summed E-state index contributed by atoms with van der Waals surface area (Å²) in [7, 11) is 0. The first kappa shape index (κ1) is 15.1. The minimum atomic E-state index is 0.131. The lowest BCUT2D eigenvalue weighted by Gasteiger charge is -2.17. The Bertz CT molecular complexity index is 393. The predicted molar refractivity (Wildman–Crippen MR) is 79.4 cm³/mol. The molecule has 112 valence electrons. The molecule has 20 heavy (non-hydrogen) atoms. The van der Waals surface area contributed by atoms with Crippen LogP contribution >= 0.6 is 0 Å². The first-order valence-electron chi connectivity index (χ1n) is 7.55. The first-order chi connectivity index (χ1) is 9.83. The number of rotatable bonds is 10. The number of hydrogen-bond donors (Lipinski definition) is 2. The van der Waals surface area contributed by atoms with Crippen molar-refractivity contribution in [2.75, 3.05) is 19.8 Å². The topological polar surface area (TPSA) is 50.7 Å². The average molecular weight is 279 g/mol. The molecule has 0 spiro atoms. The summed E-state index contributed by atoms with van der Waals surface area (Å²) in [4.78, 5) is 0. The molecule has 0 radical (unpaired) electrons. The predicted octanol–water partition coefficient (Wildman–Crippen LogP) is 2.36. The Labute approximate surface area is 121 Å². The molecule has 2 rings (SSSR count).